The Morgan fingerprint density at radius 1 is 1.25 bits per heavy atom. The normalized spacial score (nSPS) is 17.7. The number of aryl methyl sites for hydroxylation is 1. The zero-order chi connectivity index (χ0) is 22.8. The average molecular weight is 436 g/mol. The van der Waals surface area contributed by atoms with Crippen LogP contribution < -0.4 is 5.32 Å². The molecule has 1 aliphatic heterocycles. The maximum atomic E-state index is 13.5. The SMILES string of the molecule is CC(C)Cn1ccc2c(C(=O)NC(C(=O)N3CCCC(C)C3)c3cnn(C)c3)cccc21. The predicted octanol–water partition coefficient (Wildman–Crippen LogP) is 3.76. The summed E-state index contributed by atoms with van der Waals surface area (Å²) >= 11 is 0. The number of carbonyl (C=O) groups excluding carboxylic acids is 2. The summed E-state index contributed by atoms with van der Waals surface area (Å²) < 4.78 is 3.84. The molecule has 1 aliphatic rings. The molecule has 2 aromatic heterocycles. The summed E-state index contributed by atoms with van der Waals surface area (Å²) in [5, 5.41) is 8.15. The Morgan fingerprint density at radius 2 is 2.06 bits per heavy atom. The number of likely N-dealkylation sites (tertiary alicyclic amines) is 1. The molecule has 1 saturated heterocycles. The van der Waals surface area contributed by atoms with Gasteiger partial charge in [-0.2, -0.15) is 5.10 Å². The third kappa shape index (κ3) is 4.56. The second-order valence-electron chi connectivity index (χ2n) is 9.49. The number of benzene rings is 1. The average Bonchev–Trinajstić information content (AvgIpc) is 3.37. The zero-order valence-corrected chi connectivity index (χ0v) is 19.4. The van der Waals surface area contributed by atoms with Crippen LogP contribution in [0.5, 0.6) is 0 Å². The summed E-state index contributed by atoms with van der Waals surface area (Å²) in [6.07, 6.45) is 7.61. The van der Waals surface area contributed by atoms with Crippen molar-refractivity contribution in [3.8, 4) is 0 Å². The highest BCUT2D eigenvalue weighted by atomic mass is 16.2. The molecular formula is C25H33N5O2. The van der Waals surface area contributed by atoms with Gasteiger partial charge in [-0.15, -0.1) is 0 Å². The van der Waals surface area contributed by atoms with E-state index in [0.717, 1.165) is 43.4 Å². The van der Waals surface area contributed by atoms with E-state index in [1.165, 1.54) is 0 Å². The molecule has 4 rings (SSSR count). The molecule has 0 saturated carbocycles. The lowest BCUT2D eigenvalue weighted by Crippen LogP contribution is -2.46. The molecule has 32 heavy (non-hydrogen) atoms. The number of nitrogens with zero attached hydrogens (tertiary/aromatic N) is 4. The minimum atomic E-state index is -0.755. The third-order valence-corrected chi connectivity index (χ3v) is 6.17. The van der Waals surface area contributed by atoms with Gasteiger partial charge in [0.25, 0.3) is 5.91 Å². The summed E-state index contributed by atoms with van der Waals surface area (Å²) in [7, 11) is 1.81. The van der Waals surface area contributed by atoms with Gasteiger partial charge in [-0.25, -0.2) is 0 Å². The van der Waals surface area contributed by atoms with Gasteiger partial charge in [0.15, 0.2) is 0 Å². The van der Waals surface area contributed by atoms with Crippen molar-refractivity contribution in [1.82, 2.24) is 24.6 Å². The highest BCUT2D eigenvalue weighted by Crippen LogP contribution is 2.25. The molecule has 2 unspecified atom stereocenters. The van der Waals surface area contributed by atoms with Crippen LogP contribution in [-0.2, 0) is 18.4 Å². The maximum absolute atomic E-state index is 13.5. The van der Waals surface area contributed by atoms with Crippen molar-refractivity contribution in [3.05, 3.63) is 54.0 Å². The standard InChI is InChI=1S/C25H33N5O2/c1-17(2)14-29-12-10-20-21(8-5-9-22(20)29)24(31)27-23(19-13-26-28(4)16-19)25(32)30-11-6-7-18(3)15-30/h5,8-10,12-13,16-18,23H,6-7,11,14-15H2,1-4H3,(H,27,31). The van der Waals surface area contributed by atoms with Gasteiger partial charge in [0.2, 0.25) is 5.91 Å². The van der Waals surface area contributed by atoms with E-state index < -0.39 is 6.04 Å². The monoisotopic (exact) mass is 435 g/mol. The first kappa shape index (κ1) is 22.1. The number of piperidine rings is 1. The van der Waals surface area contributed by atoms with Crippen LogP contribution in [0.1, 0.15) is 55.6 Å². The van der Waals surface area contributed by atoms with E-state index in [1.54, 1.807) is 17.1 Å². The number of hydrogen-bond acceptors (Lipinski definition) is 3. The van der Waals surface area contributed by atoms with Crippen LogP contribution >= 0.6 is 0 Å². The highest BCUT2D eigenvalue weighted by Gasteiger charge is 2.31. The van der Waals surface area contributed by atoms with Crippen LogP contribution in [0, 0.1) is 11.8 Å². The molecule has 1 aromatic carbocycles. The molecule has 2 atom stereocenters. The van der Waals surface area contributed by atoms with Gasteiger partial charge in [0.1, 0.15) is 6.04 Å². The molecule has 3 heterocycles. The lowest BCUT2D eigenvalue weighted by molar-refractivity contribution is -0.135. The van der Waals surface area contributed by atoms with Crippen molar-refractivity contribution in [2.45, 2.75) is 46.2 Å². The lowest BCUT2D eigenvalue weighted by Gasteiger charge is -2.33. The first-order chi connectivity index (χ1) is 15.3. The largest absolute Gasteiger partial charge is 0.347 e. The number of fused-ring (bicyclic) bond motifs is 1. The van der Waals surface area contributed by atoms with Crippen molar-refractivity contribution in [3.63, 3.8) is 0 Å². The van der Waals surface area contributed by atoms with Gasteiger partial charge in [0.05, 0.1) is 6.20 Å². The summed E-state index contributed by atoms with van der Waals surface area (Å²) in [6.45, 7) is 8.85. The van der Waals surface area contributed by atoms with E-state index in [2.05, 4.69) is 35.8 Å². The number of hydrogen-bond donors (Lipinski definition) is 1. The van der Waals surface area contributed by atoms with E-state index >= 15 is 0 Å². The first-order valence-corrected chi connectivity index (χ1v) is 11.5. The van der Waals surface area contributed by atoms with Crippen LogP contribution in [-0.4, -0.2) is 44.2 Å². The molecule has 3 aromatic rings. The Morgan fingerprint density at radius 3 is 2.75 bits per heavy atom. The van der Waals surface area contributed by atoms with Crippen molar-refractivity contribution in [2.24, 2.45) is 18.9 Å². The van der Waals surface area contributed by atoms with Crippen LogP contribution in [0.4, 0.5) is 0 Å². The number of nitrogens with one attached hydrogen (secondary N) is 1. The van der Waals surface area contributed by atoms with E-state index in [0.29, 0.717) is 23.0 Å². The van der Waals surface area contributed by atoms with Gasteiger partial charge in [0, 0.05) is 61.1 Å². The maximum Gasteiger partial charge on any atom is 0.252 e. The van der Waals surface area contributed by atoms with E-state index in [1.807, 2.05) is 42.4 Å². The Labute approximate surface area is 189 Å². The molecule has 0 radical (unpaired) electrons. The molecule has 1 fully saturated rings. The summed E-state index contributed by atoms with van der Waals surface area (Å²) in [5.41, 5.74) is 2.31. The second-order valence-corrected chi connectivity index (χ2v) is 9.49. The molecule has 2 amide bonds. The van der Waals surface area contributed by atoms with Gasteiger partial charge in [-0.3, -0.25) is 14.3 Å². The Balaban J connectivity index is 1.63. The number of aromatic nitrogens is 3. The van der Waals surface area contributed by atoms with Gasteiger partial charge < -0.3 is 14.8 Å². The minimum absolute atomic E-state index is 0.0672. The Hall–Kier alpha value is -3.09. The molecule has 7 nitrogen and oxygen atoms in total. The van der Waals surface area contributed by atoms with Gasteiger partial charge >= 0.3 is 0 Å². The Bertz CT molecular complexity index is 1110. The fourth-order valence-electron chi connectivity index (χ4n) is 4.63. The van der Waals surface area contributed by atoms with Crippen molar-refractivity contribution < 1.29 is 9.59 Å². The number of rotatable bonds is 6. The molecule has 170 valence electrons. The molecule has 0 aliphatic carbocycles. The van der Waals surface area contributed by atoms with E-state index in [-0.39, 0.29) is 11.8 Å². The van der Waals surface area contributed by atoms with Crippen molar-refractivity contribution >= 4 is 22.7 Å². The van der Waals surface area contributed by atoms with Crippen LogP contribution in [0.3, 0.4) is 0 Å². The van der Waals surface area contributed by atoms with E-state index in [4.69, 9.17) is 0 Å². The number of carbonyl (C=O) groups is 2. The van der Waals surface area contributed by atoms with Crippen LogP contribution in [0.2, 0.25) is 0 Å². The summed E-state index contributed by atoms with van der Waals surface area (Å²) in [4.78, 5) is 28.8. The quantitative estimate of drug-likeness (QED) is 0.641. The molecule has 1 N–H and O–H groups in total. The minimum Gasteiger partial charge on any atom is -0.347 e. The lowest BCUT2D eigenvalue weighted by atomic mass is 9.98. The fraction of sp³-hybridized carbons (Fsp3) is 0.480. The molecular weight excluding hydrogens is 402 g/mol. The van der Waals surface area contributed by atoms with Crippen LogP contribution in [0.25, 0.3) is 10.9 Å². The smallest absolute Gasteiger partial charge is 0.252 e. The first-order valence-electron chi connectivity index (χ1n) is 11.5. The second kappa shape index (κ2) is 9.18. The molecule has 7 heteroatoms. The van der Waals surface area contributed by atoms with Crippen LogP contribution in [0.15, 0.2) is 42.9 Å². The van der Waals surface area contributed by atoms with Crippen molar-refractivity contribution in [2.75, 3.05) is 13.1 Å². The molecule has 0 bridgehead atoms. The predicted molar refractivity (Wildman–Crippen MR) is 125 cm³/mol. The topological polar surface area (TPSA) is 72.2 Å². The van der Waals surface area contributed by atoms with Gasteiger partial charge in [-0.05, 0) is 42.9 Å². The molecule has 0 spiro atoms. The third-order valence-electron chi connectivity index (χ3n) is 6.17. The highest BCUT2D eigenvalue weighted by molar-refractivity contribution is 6.07. The van der Waals surface area contributed by atoms with Crippen molar-refractivity contribution in [1.29, 1.82) is 0 Å². The number of amides is 2. The zero-order valence-electron chi connectivity index (χ0n) is 19.4. The van der Waals surface area contributed by atoms with E-state index in [9.17, 15) is 9.59 Å². The summed E-state index contributed by atoms with van der Waals surface area (Å²) in [5.74, 6) is 0.655. The van der Waals surface area contributed by atoms with Gasteiger partial charge in [-0.1, -0.05) is 26.8 Å². The Kier molecular flexibility index (Phi) is 6.35. The summed E-state index contributed by atoms with van der Waals surface area (Å²) in [6, 6.07) is 6.99. The fourth-order valence-corrected chi connectivity index (χ4v) is 4.63.